The summed E-state index contributed by atoms with van der Waals surface area (Å²) in [6.07, 6.45) is 3.20. The molecule has 0 bridgehead atoms. The standard InChI is InChI=1S/C18H25N3O3/c1-13-19-18(24-20-13)17-11-16(23-3)12-21(17)9-5-7-14-6-4-8-15(10-14)22-2/h4,6,8,10,16-17H,5,7,9,11-12H2,1-3H3/t16-,17-/m1/s1. The van der Waals surface area contributed by atoms with Crippen molar-refractivity contribution >= 4 is 0 Å². The van der Waals surface area contributed by atoms with Crippen LogP contribution in [0.2, 0.25) is 0 Å². The lowest BCUT2D eigenvalue weighted by Crippen LogP contribution is -2.26. The maximum atomic E-state index is 5.55. The molecule has 2 heterocycles. The van der Waals surface area contributed by atoms with Gasteiger partial charge in [-0.3, -0.25) is 4.90 Å². The van der Waals surface area contributed by atoms with E-state index in [-0.39, 0.29) is 12.1 Å². The second kappa shape index (κ2) is 7.77. The number of hydrogen-bond donors (Lipinski definition) is 0. The van der Waals surface area contributed by atoms with E-state index in [9.17, 15) is 0 Å². The minimum absolute atomic E-state index is 0.154. The molecule has 1 aliphatic heterocycles. The normalized spacial score (nSPS) is 21.3. The van der Waals surface area contributed by atoms with Crippen molar-refractivity contribution < 1.29 is 14.0 Å². The van der Waals surface area contributed by atoms with E-state index in [0.717, 1.165) is 38.1 Å². The highest BCUT2D eigenvalue weighted by atomic mass is 16.5. The van der Waals surface area contributed by atoms with Crippen LogP contribution in [0.25, 0.3) is 0 Å². The molecule has 3 rings (SSSR count). The summed E-state index contributed by atoms with van der Waals surface area (Å²) in [5, 5.41) is 3.93. The van der Waals surface area contributed by atoms with E-state index in [0.29, 0.717) is 11.7 Å². The molecule has 0 unspecified atom stereocenters. The molecule has 0 radical (unpaired) electrons. The summed E-state index contributed by atoms with van der Waals surface area (Å²) >= 11 is 0. The van der Waals surface area contributed by atoms with Crippen LogP contribution in [0, 0.1) is 6.92 Å². The Kier molecular flexibility index (Phi) is 5.48. The molecule has 24 heavy (non-hydrogen) atoms. The number of rotatable bonds is 7. The third-order valence-corrected chi connectivity index (χ3v) is 4.57. The van der Waals surface area contributed by atoms with Gasteiger partial charge in [0.25, 0.3) is 0 Å². The molecule has 1 fully saturated rings. The number of nitrogens with zero attached hydrogens (tertiary/aromatic N) is 3. The number of likely N-dealkylation sites (tertiary alicyclic amines) is 1. The van der Waals surface area contributed by atoms with Crippen LogP contribution in [0.1, 0.15) is 36.2 Å². The lowest BCUT2D eigenvalue weighted by atomic mass is 10.1. The molecule has 1 saturated heterocycles. The molecule has 130 valence electrons. The predicted molar refractivity (Wildman–Crippen MR) is 90.1 cm³/mol. The Hall–Kier alpha value is -1.92. The van der Waals surface area contributed by atoms with Crippen molar-refractivity contribution in [2.45, 2.75) is 38.3 Å². The molecule has 6 nitrogen and oxygen atoms in total. The van der Waals surface area contributed by atoms with Crippen LogP contribution in [-0.2, 0) is 11.2 Å². The van der Waals surface area contributed by atoms with Gasteiger partial charge in [-0.15, -0.1) is 0 Å². The zero-order chi connectivity index (χ0) is 16.9. The lowest BCUT2D eigenvalue weighted by Gasteiger charge is -2.21. The highest BCUT2D eigenvalue weighted by Gasteiger charge is 2.36. The Morgan fingerprint density at radius 3 is 2.92 bits per heavy atom. The number of hydrogen-bond acceptors (Lipinski definition) is 6. The van der Waals surface area contributed by atoms with Gasteiger partial charge in [-0.05, 0) is 50.4 Å². The first-order valence-corrected chi connectivity index (χ1v) is 8.39. The fourth-order valence-corrected chi connectivity index (χ4v) is 3.30. The van der Waals surface area contributed by atoms with Crippen LogP contribution in [0.3, 0.4) is 0 Å². The van der Waals surface area contributed by atoms with Crippen molar-refractivity contribution in [2.24, 2.45) is 0 Å². The highest BCUT2D eigenvalue weighted by molar-refractivity contribution is 5.28. The summed E-state index contributed by atoms with van der Waals surface area (Å²) in [5.41, 5.74) is 1.29. The minimum atomic E-state index is 0.154. The summed E-state index contributed by atoms with van der Waals surface area (Å²) < 4.78 is 16.2. The van der Waals surface area contributed by atoms with E-state index in [1.807, 2.05) is 19.1 Å². The fraction of sp³-hybridized carbons (Fsp3) is 0.556. The lowest BCUT2D eigenvalue weighted by molar-refractivity contribution is 0.108. The van der Waals surface area contributed by atoms with Crippen molar-refractivity contribution in [3.05, 3.63) is 41.5 Å². The molecule has 0 saturated carbocycles. The third kappa shape index (κ3) is 3.94. The van der Waals surface area contributed by atoms with Crippen LogP contribution in [0.4, 0.5) is 0 Å². The van der Waals surface area contributed by atoms with E-state index < -0.39 is 0 Å². The summed E-state index contributed by atoms with van der Waals surface area (Å²) in [5.74, 6) is 2.29. The van der Waals surface area contributed by atoms with E-state index in [4.69, 9.17) is 14.0 Å². The molecular formula is C18H25N3O3. The molecule has 6 heteroatoms. The minimum Gasteiger partial charge on any atom is -0.497 e. The van der Waals surface area contributed by atoms with Gasteiger partial charge in [0, 0.05) is 13.7 Å². The summed E-state index contributed by atoms with van der Waals surface area (Å²) in [6, 6.07) is 8.40. The smallest absolute Gasteiger partial charge is 0.244 e. The summed E-state index contributed by atoms with van der Waals surface area (Å²) in [6.45, 7) is 3.73. The topological polar surface area (TPSA) is 60.6 Å². The van der Waals surface area contributed by atoms with Crippen molar-refractivity contribution in [2.75, 3.05) is 27.3 Å². The zero-order valence-corrected chi connectivity index (χ0v) is 14.6. The monoisotopic (exact) mass is 331 g/mol. The Morgan fingerprint density at radius 1 is 1.33 bits per heavy atom. The van der Waals surface area contributed by atoms with Gasteiger partial charge in [0.2, 0.25) is 5.89 Å². The first kappa shape index (κ1) is 16.9. The number of ether oxygens (including phenoxy) is 2. The molecule has 0 aliphatic carbocycles. The quantitative estimate of drug-likeness (QED) is 0.777. The zero-order valence-electron chi connectivity index (χ0n) is 14.6. The molecule has 1 aliphatic rings. The average Bonchev–Trinajstić information content (AvgIpc) is 3.21. The fourth-order valence-electron chi connectivity index (χ4n) is 3.30. The SMILES string of the molecule is COc1cccc(CCCN2C[C@H](OC)C[C@@H]2c2nc(C)no2)c1. The van der Waals surface area contributed by atoms with E-state index >= 15 is 0 Å². The van der Waals surface area contributed by atoms with Gasteiger partial charge in [0.05, 0.1) is 19.3 Å². The average molecular weight is 331 g/mol. The molecule has 0 N–H and O–H groups in total. The number of methoxy groups -OCH3 is 2. The molecule has 0 amide bonds. The third-order valence-electron chi connectivity index (χ3n) is 4.57. The molecule has 0 spiro atoms. The van der Waals surface area contributed by atoms with Gasteiger partial charge < -0.3 is 14.0 Å². The number of benzene rings is 1. The highest BCUT2D eigenvalue weighted by Crippen LogP contribution is 2.32. The Balaban J connectivity index is 1.59. The van der Waals surface area contributed by atoms with Crippen molar-refractivity contribution in [3.8, 4) is 5.75 Å². The van der Waals surface area contributed by atoms with Gasteiger partial charge in [0.15, 0.2) is 5.82 Å². The van der Waals surface area contributed by atoms with Crippen LogP contribution in [0.5, 0.6) is 5.75 Å². The van der Waals surface area contributed by atoms with Crippen molar-refractivity contribution in [3.63, 3.8) is 0 Å². The maximum absolute atomic E-state index is 5.55. The Bertz CT molecular complexity index is 658. The first-order valence-electron chi connectivity index (χ1n) is 8.39. The van der Waals surface area contributed by atoms with Crippen molar-refractivity contribution in [1.29, 1.82) is 0 Å². The van der Waals surface area contributed by atoms with E-state index in [1.165, 1.54) is 5.56 Å². The number of aryl methyl sites for hydroxylation is 2. The van der Waals surface area contributed by atoms with Crippen LogP contribution in [0.15, 0.2) is 28.8 Å². The summed E-state index contributed by atoms with van der Waals surface area (Å²) in [4.78, 5) is 6.80. The van der Waals surface area contributed by atoms with Crippen molar-refractivity contribution in [1.82, 2.24) is 15.0 Å². The maximum Gasteiger partial charge on any atom is 0.244 e. The van der Waals surface area contributed by atoms with Gasteiger partial charge in [-0.2, -0.15) is 4.98 Å². The molecule has 1 aromatic heterocycles. The molecule has 2 aromatic rings. The molecule has 1 aromatic carbocycles. The largest absolute Gasteiger partial charge is 0.497 e. The molecule has 2 atom stereocenters. The van der Waals surface area contributed by atoms with Crippen LogP contribution >= 0.6 is 0 Å². The number of aromatic nitrogens is 2. The Morgan fingerprint density at radius 2 is 2.21 bits per heavy atom. The predicted octanol–water partition coefficient (Wildman–Crippen LogP) is 2.78. The second-order valence-corrected chi connectivity index (χ2v) is 6.24. The first-order chi connectivity index (χ1) is 11.7. The van der Waals surface area contributed by atoms with Gasteiger partial charge >= 0.3 is 0 Å². The Labute approximate surface area is 142 Å². The second-order valence-electron chi connectivity index (χ2n) is 6.24. The van der Waals surface area contributed by atoms with Gasteiger partial charge in [0.1, 0.15) is 5.75 Å². The van der Waals surface area contributed by atoms with Gasteiger partial charge in [-0.25, -0.2) is 0 Å². The van der Waals surface area contributed by atoms with E-state index in [1.54, 1.807) is 14.2 Å². The van der Waals surface area contributed by atoms with E-state index in [2.05, 4.69) is 27.2 Å². The van der Waals surface area contributed by atoms with Crippen LogP contribution in [-0.4, -0.2) is 48.5 Å². The van der Waals surface area contributed by atoms with Crippen LogP contribution < -0.4 is 4.74 Å². The molecular weight excluding hydrogens is 306 g/mol. The van der Waals surface area contributed by atoms with Gasteiger partial charge in [-0.1, -0.05) is 17.3 Å². The summed E-state index contributed by atoms with van der Waals surface area (Å²) in [7, 11) is 3.46.